The van der Waals surface area contributed by atoms with Crippen molar-refractivity contribution in [1.29, 1.82) is 0 Å². The van der Waals surface area contributed by atoms with E-state index in [4.69, 9.17) is 5.73 Å². The molecule has 3 amide bonds. The number of nitrogens with two attached hydrogens (primary N) is 1. The van der Waals surface area contributed by atoms with E-state index in [0.29, 0.717) is 5.56 Å². The van der Waals surface area contributed by atoms with Gasteiger partial charge >= 0.3 is 12.4 Å². The number of hydrogen-bond donors (Lipinski definition) is 2. The average Bonchev–Trinajstić information content (AvgIpc) is 2.36. The van der Waals surface area contributed by atoms with Gasteiger partial charge < -0.3 is 15.4 Å². The Balaban J connectivity index is 2.59. The number of amides is 3. The van der Waals surface area contributed by atoms with Gasteiger partial charge in [-0.05, 0) is 13.1 Å². The fourth-order valence-electron chi connectivity index (χ4n) is 1.72. The molecule has 0 radical (unpaired) electrons. The van der Waals surface area contributed by atoms with Crippen LogP contribution in [0.3, 0.4) is 0 Å². The molecule has 0 fully saturated rings. The Kier molecular flexibility index (Phi) is 6.17. The van der Waals surface area contributed by atoms with E-state index in [9.17, 15) is 22.8 Å². The third-order valence-corrected chi connectivity index (χ3v) is 2.62. The van der Waals surface area contributed by atoms with Crippen LogP contribution < -0.4 is 15.8 Å². The van der Waals surface area contributed by atoms with Gasteiger partial charge in [-0.2, -0.15) is 0 Å². The Morgan fingerprint density at radius 2 is 1.95 bits per heavy atom. The van der Waals surface area contributed by atoms with Crippen LogP contribution in [0.15, 0.2) is 24.3 Å². The van der Waals surface area contributed by atoms with Crippen molar-refractivity contribution in [1.82, 2.24) is 10.2 Å². The molecule has 1 aromatic rings. The molecule has 0 aliphatic carbocycles. The van der Waals surface area contributed by atoms with Gasteiger partial charge in [0.1, 0.15) is 5.75 Å². The minimum Gasteiger partial charge on any atom is -0.405 e. The first-order valence-corrected chi connectivity index (χ1v) is 6.29. The first-order chi connectivity index (χ1) is 10.2. The molecule has 0 aromatic heterocycles. The second-order valence-electron chi connectivity index (χ2n) is 4.56. The summed E-state index contributed by atoms with van der Waals surface area (Å²) in [5.74, 6) is -0.845. The number of primary amides is 1. The van der Waals surface area contributed by atoms with Crippen LogP contribution in [-0.2, 0) is 11.3 Å². The molecule has 1 aromatic carbocycles. The predicted octanol–water partition coefficient (Wildman–Crippen LogP) is 1.60. The Hall–Kier alpha value is -2.29. The van der Waals surface area contributed by atoms with Crippen molar-refractivity contribution >= 4 is 11.9 Å². The normalized spacial score (nSPS) is 11.3. The standard InChI is InChI=1S/C13H16F3N3O3/c1-19(7-6-11(20)18-12(17)21)8-9-4-2-3-5-10(9)22-13(14,15)16/h2-5H,6-8H2,1H3,(H3,17,18,20,21). The molecule has 0 bridgehead atoms. The Bertz CT molecular complexity index is 535. The van der Waals surface area contributed by atoms with Crippen LogP contribution in [0, 0.1) is 0 Å². The van der Waals surface area contributed by atoms with E-state index in [0.717, 1.165) is 0 Å². The molecule has 0 atom stereocenters. The van der Waals surface area contributed by atoms with Gasteiger partial charge in [-0.1, -0.05) is 18.2 Å². The third kappa shape index (κ3) is 6.93. The summed E-state index contributed by atoms with van der Waals surface area (Å²) in [6.07, 6.45) is -4.78. The van der Waals surface area contributed by atoms with Crippen LogP contribution in [0.1, 0.15) is 12.0 Å². The number of imide groups is 1. The first-order valence-electron chi connectivity index (χ1n) is 6.29. The summed E-state index contributed by atoms with van der Waals surface area (Å²) < 4.78 is 40.8. The molecule has 6 nitrogen and oxygen atoms in total. The van der Waals surface area contributed by atoms with Gasteiger partial charge in [0.05, 0.1) is 0 Å². The first kappa shape index (κ1) is 17.8. The number of halogens is 3. The van der Waals surface area contributed by atoms with Crippen LogP contribution in [0.5, 0.6) is 5.75 Å². The number of carbonyl (C=O) groups excluding carboxylic acids is 2. The maximum atomic E-state index is 12.3. The monoisotopic (exact) mass is 319 g/mol. The average molecular weight is 319 g/mol. The van der Waals surface area contributed by atoms with Crippen LogP contribution in [0.4, 0.5) is 18.0 Å². The van der Waals surface area contributed by atoms with E-state index in [2.05, 4.69) is 4.74 Å². The topological polar surface area (TPSA) is 84.7 Å². The maximum Gasteiger partial charge on any atom is 0.573 e. The van der Waals surface area contributed by atoms with Crippen molar-refractivity contribution in [2.75, 3.05) is 13.6 Å². The summed E-state index contributed by atoms with van der Waals surface area (Å²) >= 11 is 0. The van der Waals surface area contributed by atoms with Gasteiger partial charge in [0.25, 0.3) is 0 Å². The molecule has 0 saturated carbocycles. The maximum absolute atomic E-state index is 12.3. The number of para-hydroxylation sites is 1. The van der Waals surface area contributed by atoms with Crippen molar-refractivity contribution in [2.45, 2.75) is 19.3 Å². The lowest BCUT2D eigenvalue weighted by Crippen LogP contribution is -2.36. The summed E-state index contributed by atoms with van der Waals surface area (Å²) in [5, 5.41) is 1.90. The van der Waals surface area contributed by atoms with Crippen LogP contribution >= 0.6 is 0 Å². The van der Waals surface area contributed by atoms with Gasteiger partial charge in [-0.25, -0.2) is 4.79 Å². The molecule has 22 heavy (non-hydrogen) atoms. The van der Waals surface area contributed by atoms with Crippen LogP contribution in [0.25, 0.3) is 0 Å². The summed E-state index contributed by atoms with van der Waals surface area (Å²) in [4.78, 5) is 23.4. The minimum atomic E-state index is -4.77. The number of urea groups is 1. The molecule has 0 aliphatic heterocycles. The van der Waals surface area contributed by atoms with Crippen molar-refractivity contribution in [2.24, 2.45) is 5.73 Å². The third-order valence-electron chi connectivity index (χ3n) is 2.62. The van der Waals surface area contributed by atoms with Gasteiger partial charge in [-0.15, -0.1) is 13.2 Å². The lowest BCUT2D eigenvalue weighted by molar-refractivity contribution is -0.275. The number of hydrogen-bond acceptors (Lipinski definition) is 4. The van der Waals surface area contributed by atoms with E-state index in [1.54, 1.807) is 18.0 Å². The number of benzene rings is 1. The molecular formula is C13H16F3N3O3. The minimum absolute atomic E-state index is 0.0122. The lowest BCUT2D eigenvalue weighted by atomic mass is 10.2. The number of rotatable bonds is 6. The van der Waals surface area contributed by atoms with Crippen molar-refractivity contribution in [3.05, 3.63) is 29.8 Å². The van der Waals surface area contributed by atoms with Crippen LogP contribution in [-0.4, -0.2) is 36.8 Å². The van der Waals surface area contributed by atoms with Gasteiger partial charge in [0.2, 0.25) is 5.91 Å². The summed E-state index contributed by atoms with van der Waals surface area (Å²) in [5.41, 5.74) is 5.13. The van der Waals surface area contributed by atoms with Crippen molar-refractivity contribution in [3.8, 4) is 5.75 Å². The highest BCUT2D eigenvalue weighted by atomic mass is 19.4. The predicted molar refractivity (Wildman–Crippen MR) is 71.8 cm³/mol. The molecule has 0 aliphatic rings. The summed E-state index contributed by atoms with van der Waals surface area (Å²) in [6.45, 7) is 0.384. The van der Waals surface area contributed by atoms with E-state index in [-0.39, 0.29) is 25.3 Å². The SMILES string of the molecule is CN(CCC(=O)NC(N)=O)Cc1ccccc1OC(F)(F)F. The number of nitrogens with zero attached hydrogens (tertiary/aromatic N) is 1. The van der Waals surface area contributed by atoms with E-state index in [1.807, 2.05) is 5.32 Å². The molecule has 1 rings (SSSR count). The smallest absolute Gasteiger partial charge is 0.405 e. The van der Waals surface area contributed by atoms with Gasteiger partial charge in [-0.3, -0.25) is 10.1 Å². The van der Waals surface area contributed by atoms with Crippen LogP contribution in [0.2, 0.25) is 0 Å². The molecule has 122 valence electrons. The van der Waals surface area contributed by atoms with Crippen molar-refractivity contribution in [3.63, 3.8) is 0 Å². The highest BCUT2D eigenvalue weighted by Gasteiger charge is 2.32. The molecule has 3 N–H and O–H groups in total. The van der Waals surface area contributed by atoms with Gasteiger partial charge in [0.15, 0.2) is 0 Å². The summed E-state index contributed by atoms with van der Waals surface area (Å²) in [7, 11) is 1.63. The molecule has 0 unspecified atom stereocenters. The molecular weight excluding hydrogens is 303 g/mol. The number of nitrogens with one attached hydrogen (secondary N) is 1. The van der Waals surface area contributed by atoms with E-state index >= 15 is 0 Å². The molecule has 9 heteroatoms. The lowest BCUT2D eigenvalue weighted by Gasteiger charge is -2.19. The highest BCUT2D eigenvalue weighted by molar-refractivity contribution is 5.93. The number of ether oxygens (including phenoxy) is 1. The van der Waals surface area contributed by atoms with E-state index < -0.39 is 18.3 Å². The Morgan fingerprint density at radius 1 is 1.32 bits per heavy atom. The number of alkyl halides is 3. The second kappa shape index (κ2) is 7.64. The summed E-state index contributed by atoms with van der Waals surface area (Å²) in [6, 6.07) is 4.80. The fraction of sp³-hybridized carbons (Fsp3) is 0.385. The fourth-order valence-corrected chi connectivity index (χ4v) is 1.72. The van der Waals surface area contributed by atoms with Crippen molar-refractivity contribution < 1.29 is 27.5 Å². The highest BCUT2D eigenvalue weighted by Crippen LogP contribution is 2.26. The molecule has 0 saturated heterocycles. The number of carbonyl (C=O) groups is 2. The zero-order chi connectivity index (χ0) is 16.8. The quantitative estimate of drug-likeness (QED) is 0.834. The second-order valence-corrected chi connectivity index (χ2v) is 4.56. The van der Waals surface area contributed by atoms with E-state index in [1.165, 1.54) is 18.2 Å². The Labute approximate surface area is 125 Å². The zero-order valence-corrected chi connectivity index (χ0v) is 11.8. The van der Waals surface area contributed by atoms with Gasteiger partial charge in [0, 0.05) is 25.1 Å². The molecule has 0 spiro atoms. The molecule has 0 heterocycles. The Morgan fingerprint density at radius 3 is 2.55 bits per heavy atom. The zero-order valence-electron chi connectivity index (χ0n) is 11.8. The largest absolute Gasteiger partial charge is 0.573 e.